The molecule has 5 N–H and O–H groups in total. The van der Waals surface area contributed by atoms with Crippen molar-refractivity contribution < 1.29 is 63.5 Å². The van der Waals surface area contributed by atoms with Crippen molar-refractivity contribution in [3.05, 3.63) is 0 Å². The zero-order chi connectivity index (χ0) is 39.7. The first-order valence-electron chi connectivity index (χ1n) is 19.0. The molecule has 3 saturated heterocycles. The Balaban J connectivity index is 2.22. The van der Waals surface area contributed by atoms with E-state index in [4.69, 9.17) is 33.2 Å². The fourth-order valence-corrected chi connectivity index (χ4v) is 8.76. The van der Waals surface area contributed by atoms with Crippen LogP contribution in [0.3, 0.4) is 0 Å². The van der Waals surface area contributed by atoms with E-state index in [2.05, 4.69) is 0 Å². The van der Waals surface area contributed by atoms with Gasteiger partial charge in [-0.15, -0.1) is 0 Å². The molecule has 3 aliphatic rings. The zero-order valence-corrected chi connectivity index (χ0v) is 34.0. The summed E-state index contributed by atoms with van der Waals surface area (Å²) in [6, 6.07) is -0.269. The van der Waals surface area contributed by atoms with Gasteiger partial charge in [0.2, 0.25) is 0 Å². The average Bonchev–Trinajstić information content (AvgIpc) is 3.09. The van der Waals surface area contributed by atoms with Crippen LogP contribution in [0.5, 0.6) is 0 Å². The number of carbonyl (C=O) groups excluding carboxylic acids is 1. The van der Waals surface area contributed by atoms with Gasteiger partial charge in [-0.1, -0.05) is 27.7 Å². The third-order valence-corrected chi connectivity index (χ3v) is 12.5. The summed E-state index contributed by atoms with van der Waals surface area (Å²) in [6.07, 6.45) is -9.40. The van der Waals surface area contributed by atoms with Crippen LogP contribution >= 0.6 is 0 Å². The Morgan fingerprint density at radius 2 is 1.42 bits per heavy atom. The van der Waals surface area contributed by atoms with Crippen molar-refractivity contribution >= 4 is 5.97 Å². The number of hydrogen-bond donors (Lipinski definition) is 5. The zero-order valence-electron chi connectivity index (χ0n) is 34.0. The van der Waals surface area contributed by atoms with Gasteiger partial charge < -0.3 is 63.6 Å². The predicted octanol–water partition coefficient (Wildman–Crippen LogP) is 2.23. The molecule has 0 bridgehead atoms. The molecule has 14 heteroatoms. The Bertz CT molecular complexity index is 1140. The van der Waals surface area contributed by atoms with Crippen LogP contribution in [0.15, 0.2) is 0 Å². The highest BCUT2D eigenvalue weighted by atomic mass is 16.7. The molecule has 0 spiro atoms. The van der Waals surface area contributed by atoms with Crippen LogP contribution in [0.1, 0.15) is 94.9 Å². The van der Waals surface area contributed by atoms with Gasteiger partial charge in [0.25, 0.3) is 0 Å². The van der Waals surface area contributed by atoms with Gasteiger partial charge in [-0.3, -0.25) is 4.79 Å². The fraction of sp³-hybridized carbons (Fsp3) is 0.974. The lowest BCUT2D eigenvalue weighted by Gasteiger charge is -2.50. The van der Waals surface area contributed by atoms with Crippen LogP contribution in [-0.2, 0) is 38.0 Å². The van der Waals surface area contributed by atoms with Crippen LogP contribution in [0.25, 0.3) is 0 Å². The molecule has 0 radical (unpaired) electrons. The van der Waals surface area contributed by atoms with Crippen molar-refractivity contribution in [1.82, 2.24) is 4.90 Å². The van der Waals surface area contributed by atoms with Crippen LogP contribution in [0.2, 0.25) is 0 Å². The van der Waals surface area contributed by atoms with Gasteiger partial charge in [0.1, 0.15) is 23.9 Å². The second-order valence-electron chi connectivity index (χ2n) is 16.9. The van der Waals surface area contributed by atoms with Crippen molar-refractivity contribution in [1.29, 1.82) is 0 Å². The van der Waals surface area contributed by atoms with Gasteiger partial charge in [0.15, 0.2) is 12.6 Å². The summed E-state index contributed by atoms with van der Waals surface area (Å²) >= 11 is 0. The maximum absolute atomic E-state index is 14.2. The van der Waals surface area contributed by atoms with Crippen molar-refractivity contribution in [2.45, 2.75) is 185 Å². The number of methoxy groups -OCH3 is 2. The number of esters is 1. The van der Waals surface area contributed by atoms with Gasteiger partial charge in [-0.05, 0) is 80.8 Å². The fourth-order valence-electron chi connectivity index (χ4n) is 8.76. The first-order valence-corrected chi connectivity index (χ1v) is 19.0. The quantitative estimate of drug-likeness (QED) is 0.228. The van der Waals surface area contributed by atoms with Crippen molar-refractivity contribution in [2.75, 3.05) is 28.3 Å². The van der Waals surface area contributed by atoms with Gasteiger partial charge in [-0.25, -0.2) is 0 Å². The summed E-state index contributed by atoms with van der Waals surface area (Å²) in [7, 11) is 6.82. The normalized spacial score (nSPS) is 50.4. The SMILES string of the molecule is CC[C@H]1OC(=O)[C@H](C)[C@@H](O[C@H]2C[C@@](C)(OC)[C@@H](O)[C@H](C)O2)[C@H](C)[C@H](O[C@@H]2O[C@H](C)C[C@H](N(C)C)[C@H]2O)C(C)(OC)C[C@@H](C)[C@H](O)[C@H](C)[C@@H](O)[C@]1(C)O. The average molecular weight is 750 g/mol. The first kappa shape index (κ1) is 45.4. The minimum Gasteiger partial charge on any atom is -0.459 e. The van der Waals surface area contributed by atoms with E-state index in [0.29, 0.717) is 6.42 Å². The van der Waals surface area contributed by atoms with Gasteiger partial charge in [0, 0.05) is 38.5 Å². The lowest BCUT2D eigenvalue weighted by Crippen LogP contribution is -2.61. The summed E-state index contributed by atoms with van der Waals surface area (Å²) in [5, 5.41) is 57.3. The number of ether oxygens (including phenoxy) is 7. The predicted molar refractivity (Wildman–Crippen MR) is 192 cm³/mol. The Morgan fingerprint density at radius 1 is 0.827 bits per heavy atom. The molecular formula is C38H71NO13. The minimum atomic E-state index is -1.90. The Morgan fingerprint density at radius 3 is 1.96 bits per heavy atom. The molecule has 0 aromatic heterocycles. The minimum absolute atomic E-state index is 0.138. The van der Waals surface area contributed by atoms with Gasteiger partial charge >= 0.3 is 5.97 Å². The molecule has 0 saturated carbocycles. The molecule has 3 heterocycles. The van der Waals surface area contributed by atoms with E-state index in [1.807, 2.05) is 46.7 Å². The van der Waals surface area contributed by atoms with E-state index in [-0.39, 0.29) is 31.4 Å². The monoisotopic (exact) mass is 749 g/mol. The molecule has 306 valence electrons. The smallest absolute Gasteiger partial charge is 0.311 e. The number of cyclic esters (lactones) is 1. The maximum Gasteiger partial charge on any atom is 0.311 e. The van der Waals surface area contributed by atoms with E-state index in [0.717, 1.165) is 0 Å². The van der Waals surface area contributed by atoms with E-state index >= 15 is 0 Å². The second-order valence-corrected chi connectivity index (χ2v) is 16.9. The topological polar surface area (TPSA) is 186 Å². The van der Waals surface area contributed by atoms with Crippen molar-refractivity contribution in [2.24, 2.45) is 23.7 Å². The molecule has 0 aromatic rings. The third kappa shape index (κ3) is 9.50. The summed E-state index contributed by atoms with van der Waals surface area (Å²) < 4.78 is 44.0. The second kappa shape index (κ2) is 17.8. The van der Waals surface area contributed by atoms with Gasteiger partial charge in [-0.2, -0.15) is 0 Å². The van der Waals surface area contributed by atoms with E-state index < -0.39 is 108 Å². The van der Waals surface area contributed by atoms with E-state index in [1.165, 1.54) is 21.1 Å². The molecule has 0 aliphatic carbocycles. The Kier molecular flexibility index (Phi) is 15.6. The lowest BCUT2D eigenvalue weighted by molar-refractivity contribution is -0.320. The van der Waals surface area contributed by atoms with Crippen LogP contribution in [0, 0.1) is 23.7 Å². The number of carbonyl (C=O) groups is 1. The molecule has 14 nitrogen and oxygen atoms in total. The molecule has 19 atom stereocenters. The van der Waals surface area contributed by atoms with Gasteiger partial charge in [0.05, 0.1) is 53.7 Å². The number of aliphatic hydroxyl groups excluding tert-OH is 4. The van der Waals surface area contributed by atoms with E-state index in [9.17, 15) is 30.3 Å². The molecule has 3 fully saturated rings. The Labute approximate surface area is 311 Å². The molecule has 52 heavy (non-hydrogen) atoms. The molecule has 1 unspecified atom stereocenters. The number of likely N-dealkylation sites (N-methyl/N-ethyl adjacent to an activating group) is 1. The summed E-state index contributed by atoms with van der Waals surface area (Å²) in [5.41, 5.74) is -4.11. The number of nitrogens with zero attached hydrogens (tertiary/aromatic N) is 1. The van der Waals surface area contributed by atoms with Crippen LogP contribution in [0.4, 0.5) is 0 Å². The van der Waals surface area contributed by atoms with Crippen molar-refractivity contribution in [3.63, 3.8) is 0 Å². The number of rotatable bonds is 8. The maximum atomic E-state index is 14.2. The Hall–Kier alpha value is -1.01. The summed E-state index contributed by atoms with van der Waals surface area (Å²) in [6.45, 7) is 17.4. The van der Waals surface area contributed by atoms with Crippen LogP contribution < -0.4 is 0 Å². The molecule has 0 aromatic carbocycles. The first-order chi connectivity index (χ1) is 24.0. The van der Waals surface area contributed by atoms with Crippen LogP contribution in [-0.4, -0.2) is 155 Å². The van der Waals surface area contributed by atoms with E-state index in [1.54, 1.807) is 34.6 Å². The number of hydrogen-bond acceptors (Lipinski definition) is 14. The molecule has 0 amide bonds. The van der Waals surface area contributed by atoms with Crippen molar-refractivity contribution in [3.8, 4) is 0 Å². The standard InChI is InChI=1S/C38H71NO13/c1-15-26-38(10,45)31(42)21(4)28(40)19(2)17-37(9,47-14)33(52-35-29(41)25(39(11)12)16-20(3)48-35)22(5)30(23(6)34(44)50-26)51-27-18-36(8,46-13)32(43)24(7)49-27/h19-33,35,40-43,45H,15-18H2,1-14H3/t19-,20-,21+,22+,23-,24+,25+,26-,27+,28+,29-,30+,31-,32+,33+,35+,36-,37?,38-/m1/s1. The third-order valence-electron chi connectivity index (χ3n) is 12.5. The highest BCUT2D eigenvalue weighted by Gasteiger charge is 2.54. The summed E-state index contributed by atoms with van der Waals surface area (Å²) in [5.74, 6) is -3.69. The molecular weight excluding hydrogens is 678 g/mol. The highest BCUT2D eigenvalue weighted by molar-refractivity contribution is 5.73. The molecule has 3 aliphatic heterocycles. The summed E-state index contributed by atoms with van der Waals surface area (Å²) in [4.78, 5) is 16.1. The highest BCUT2D eigenvalue weighted by Crippen LogP contribution is 2.42. The largest absolute Gasteiger partial charge is 0.459 e. The lowest BCUT2D eigenvalue weighted by atomic mass is 9.73. The molecule has 3 rings (SSSR count). The number of aliphatic hydroxyl groups is 5.